The molecule has 0 heterocycles. The predicted molar refractivity (Wildman–Crippen MR) is 67.5 cm³/mol. The Morgan fingerprint density at radius 3 is 2.56 bits per heavy atom. The maximum absolute atomic E-state index is 10.7. The third-order valence-corrected chi connectivity index (χ3v) is 2.70. The lowest BCUT2D eigenvalue weighted by atomic mass is 10.1. The lowest BCUT2D eigenvalue weighted by Gasteiger charge is -2.21. The second-order valence-corrected chi connectivity index (χ2v) is 3.81. The van der Waals surface area contributed by atoms with Crippen molar-refractivity contribution >= 4 is 11.6 Å². The zero-order valence-corrected chi connectivity index (χ0v) is 10.1. The molecule has 0 radical (unpaired) electrons. The maximum atomic E-state index is 10.7. The van der Waals surface area contributed by atoms with Gasteiger partial charge in [0.2, 0.25) is 5.91 Å². The Hall–Kier alpha value is -1.51. The van der Waals surface area contributed by atoms with Crippen molar-refractivity contribution in [2.24, 2.45) is 5.73 Å². The van der Waals surface area contributed by atoms with Gasteiger partial charge in [-0.15, -0.1) is 0 Å². The van der Waals surface area contributed by atoms with Gasteiger partial charge in [0.25, 0.3) is 0 Å². The van der Waals surface area contributed by atoms with Crippen LogP contribution in [0.15, 0.2) is 24.3 Å². The number of benzene rings is 1. The smallest absolute Gasteiger partial charge is 0.217 e. The zero-order valence-electron chi connectivity index (χ0n) is 10.1. The molecule has 1 amide bonds. The van der Waals surface area contributed by atoms with Crippen molar-refractivity contribution in [3.63, 3.8) is 0 Å². The van der Waals surface area contributed by atoms with Crippen LogP contribution in [0.4, 0.5) is 5.69 Å². The predicted octanol–water partition coefficient (Wildman–Crippen LogP) is 1.95. The number of anilines is 1. The first kappa shape index (κ1) is 12.6. The fraction of sp³-hybridized carbons (Fsp3) is 0.462. The fourth-order valence-corrected chi connectivity index (χ4v) is 1.76. The van der Waals surface area contributed by atoms with E-state index < -0.39 is 0 Å². The first-order chi connectivity index (χ1) is 7.67. The standard InChI is InChI=1S/C13H20N2O/c1-3-15(4-2)12-7-5-6-11(10-12)8-9-13(14)16/h5-7,10H,3-4,8-9H2,1-2H3,(H2,14,16). The minimum Gasteiger partial charge on any atom is -0.372 e. The molecule has 0 saturated carbocycles. The Balaban J connectivity index is 2.73. The van der Waals surface area contributed by atoms with Gasteiger partial charge in [-0.1, -0.05) is 12.1 Å². The Bertz CT molecular complexity index is 346. The van der Waals surface area contributed by atoms with Crippen molar-refractivity contribution in [3.8, 4) is 0 Å². The fourth-order valence-electron chi connectivity index (χ4n) is 1.76. The van der Waals surface area contributed by atoms with Gasteiger partial charge in [-0.25, -0.2) is 0 Å². The summed E-state index contributed by atoms with van der Waals surface area (Å²) in [4.78, 5) is 13.0. The van der Waals surface area contributed by atoms with E-state index in [4.69, 9.17) is 5.73 Å². The average Bonchev–Trinajstić information content (AvgIpc) is 2.29. The van der Waals surface area contributed by atoms with Gasteiger partial charge in [-0.2, -0.15) is 0 Å². The molecule has 1 aromatic rings. The van der Waals surface area contributed by atoms with Crippen molar-refractivity contribution in [3.05, 3.63) is 29.8 Å². The van der Waals surface area contributed by atoms with Crippen LogP contribution in [0.3, 0.4) is 0 Å². The van der Waals surface area contributed by atoms with E-state index in [0.717, 1.165) is 19.5 Å². The average molecular weight is 220 g/mol. The number of nitrogens with zero attached hydrogens (tertiary/aromatic N) is 1. The normalized spacial score (nSPS) is 10.1. The molecule has 2 N–H and O–H groups in total. The monoisotopic (exact) mass is 220 g/mol. The van der Waals surface area contributed by atoms with E-state index in [2.05, 4.69) is 30.9 Å². The molecule has 0 aliphatic heterocycles. The van der Waals surface area contributed by atoms with Gasteiger partial charge >= 0.3 is 0 Å². The van der Waals surface area contributed by atoms with E-state index in [-0.39, 0.29) is 5.91 Å². The summed E-state index contributed by atoms with van der Waals surface area (Å²) in [5.41, 5.74) is 7.53. The van der Waals surface area contributed by atoms with Crippen LogP contribution in [0.2, 0.25) is 0 Å². The molecule has 0 fully saturated rings. The largest absolute Gasteiger partial charge is 0.372 e. The summed E-state index contributed by atoms with van der Waals surface area (Å²) in [5, 5.41) is 0. The molecular formula is C13H20N2O. The first-order valence-electron chi connectivity index (χ1n) is 5.79. The number of hydrogen-bond donors (Lipinski definition) is 1. The van der Waals surface area contributed by atoms with Gasteiger partial charge in [0.15, 0.2) is 0 Å². The minimum atomic E-state index is -0.242. The van der Waals surface area contributed by atoms with Crippen molar-refractivity contribution < 1.29 is 4.79 Å². The summed E-state index contributed by atoms with van der Waals surface area (Å²) in [7, 11) is 0. The van der Waals surface area contributed by atoms with Crippen LogP contribution in [0.5, 0.6) is 0 Å². The number of primary amides is 1. The van der Waals surface area contributed by atoms with E-state index >= 15 is 0 Å². The summed E-state index contributed by atoms with van der Waals surface area (Å²) >= 11 is 0. The highest BCUT2D eigenvalue weighted by Crippen LogP contribution is 2.16. The second-order valence-electron chi connectivity index (χ2n) is 3.81. The molecule has 1 rings (SSSR count). The number of carbonyl (C=O) groups is 1. The van der Waals surface area contributed by atoms with Crippen molar-refractivity contribution in [2.75, 3.05) is 18.0 Å². The van der Waals surface area contributed by atoms with Crippen LogP contribution in [0.1, 0.15) is 25.8 Å². The molecule has 1 aromatic carbocycles. The molecule has 3 nitrogen and oxygen atoms in total. The van der Waals surface area contributed by atoms with E-state index in [9.17, 15) is 4.79 Å². The third-order valence-electron chi connectivity index (χ3n) is 2.70. The molecule has 0 spiro atoms. The molecule has 0 aliphatic carbocycles. The lowest BCUT2D eigenvalue weighted by Crippen LogP contribution is -2.21. The van der Waals surface area contributed by atoms with Crippen molar-refractivity contribution in [2.45, 2.75) is 26.7 Å². The number of aryl methyl sites for hydroxylation is 1. The summed E-state index contributed by atoms with van der Waals surface area (Å²) in [6.07, 6.45) is 1.14. The number of rotatable bonds is 6. The molecule has 0 unspecified atom stereocenters. The highest BCUT2D eigenvalue weighted by molar-refractivity contribution is 5.74. The van der Waals surface area contributed by atoms with Gasteiger partial charge in [-0.3, -0.25) is 4.79 Å². The molecule has 0 bridgehead atoms. The van der Waals surface area contributed by atoms with Crippen LogP contribution < -0.4 is 10.6 Å². The molecule has 3 heteroatoms. The minimum absolute atomic E-state index is 0.242. The SMILES string of the molecule is CCN(CC)c1cccc(CCC(N)=O)c1. The van der Waals surface area contributed by atoms with Crippen LogP contribution in [-0.4, -0.2) is 19.0 Å². The van der Waals surface area contributed by atoms with E-state index in [1.807, 2.05) is 12.1 Å². The molecule has 88 valence electrons. The van der Waals surface area contributed by atoms with Crippen molar-refractivity contribution in [1.29, 1.82) is 0 Å². The Labute approximate surface area is 97.2 Å². The van der Waals surface area contributed by atoms with Crippen LogP contribution in [-0.2, 0) is 11.2 Å². The summed E-state index contributed by atoms with van der Waals surface area (Å²) in [6.45, 7) is 6.27. The van der Waals surface area contributed by atoms with Gasteiger partial charge in [0.1, 0.15) is 0 Å². The number of carbonyl (C=O) groups excluding carboxylic acids is 1. The zero-order chi connectivity index (χ0) is 12.0. The van der Waals surface area contributed by atoms with Gasteiger partial charge in [-0.05, 0) is 38.0 Å². The highest BCUT2D eigenvalue weighted by Gasteiger charge is 2.03. The van der Waals surface area contributed by atoms with Gasteiger partial charge < -0.3 is 10.6 Å². The summed E-state index contributed by atoms with van der Waals surface area (Å²) < 4.78 is 0. The maximum Gasteiger partial charge on any atom is 0.217 e. The number of hydrogen-bond acceptors (Lipinski definition) is 2. The van der Waals surface area contributed by atoms with Gasteiger partial charge in [0.05, 0.1) is 0 Å². The van der Waals surface area contributed by atoms with Gasteiger partial charge in [0, 0.05) is 25.2 Å². The Morgan fingerprint density at radius 1 is 1.31 bits per heavy atom. The Kier molecular flexibility index (Phi) is 4.83. The van der Waals surface area contributed by atoms with Crippen LogP contribution >= 0.6 is 0 Å². The van der Waals surface area contributed by atoms with E-state index in [0.29, 0.717) is 6.42 Å². The first-order valence-corrected chi connectivity index (χ1v) is 5.79. The van der Waals surface area contributed by atoms with Crippen LogP contribution in [0, 0.1) is 0 Å². The lowest BCUT2D eigenvalue weighted by molar-refractivity contribution is -0.117. The topological polar surface area (TPSA) is 46.3 Å². The van der Waals surface area contributed by atoms with Crippen molar-refractivity contribution in [1.82, 2.24) is 0 Å². The molecule has 0 saturated heterocycles. The number of nitrogens with two attached hydrogens (primary N) is 1. The Morgan fingerprint density at radius 2 is 2.00 bits per heavy atom. The third kappa shape index (κ3) is 3.57. The molecule has 16 heavy (non-hydrogen) atoms. The highest BCUT2D eigenvalue weighted by atomic mass is 16.1. The second kappa shape index (κ2) is 6.16. The molecule has 0 aromatic heterocycles. The van der Waals surface area contributed by atoms with E-state index in [1.54, 1.807) is 0 Å². The quantitative estimate of drug-likeness (QED) is 0.796. The summed E-state index contributed by atoms with van der Waals surface area (Å²) in [5.74, 6) is -0.242. The molecule has 0 aliphatic rings. The molecular weight excluding hydrogens is 200 g/mol. The van der Waals surface area contributed by atoms with Crippen LogP contribution in [0.25, 0.3) is 0 Å². The number of amides is 1. The van der Waals surface area contributed by atoms with E-state index in [1.165, 1.54) is 11.3 Å². The summed E-state index contributed by atoms with van der Waals surface area (Å²) in [6, 6.07) is 8.30. The molecule has 0 atom stereocenters.